The molecule has 0 spiro atoms. The van der Waals surface area contributed by atoms with Gasteiger partial charge in [0.2, 0.25) is 0 Å². The minimum Gasteiger partial charge on any atom is -0.452 e. The average molecular weight is 301 g/mol. The molecule has 0 unspecified atom stereocenters. The van der Waals surface area contributed by atoms with Crippen molar-refractivity contribution in [3.05, 3.63) is 29.8 Å². The van der Waals surface area contributed by atoms with Gasteiger partial charge in [0, 0.05) is 18.8 Å². The number of methoxy groups -OCH3 is 1. The standard InChI is InChI=1S/C12H19N3O4S/c1-3-7-15(20(17,18)14-12(16)19-2)9-10-5-4-6-11(13)8-10/h4-6,8H,3,7,9,13H2,1-2H3,(H,14,16). The number of rotatable bonds is 6. The number of nitrogens with one attached hydrogen (secondary N) is 1. The summed E-state index contributed by atoms with van der Waals surface area (Å²) in [5, 5.41) is 0. The molecule has 1 aromatic carbocycles. The van der Waals surface area contributed by atoms with Crippen LogP contribution in [0.3, 0.4) is 0 Å². The Morgan fingerprint density at radius 1 is 1.45 bits per heavy atom. The molecule has 0 fully saturated rings. The van der Waals surface area contributed by atoms with Crippen LogP contribution in [0.25, 0.3) is 0 Å². The highest BCUT2D eigenvalue weighted by atomic mass is 32.2. The van der Waals surface area contributed by atoms with Gasteiger partial charge in [0.05, 0.1) is 7.11 Å². The lowest BCUT2D eigenvalue weighted by molar-refractivity contribution is 0.177. The number of carbonyl (C=O) groups is 1. The predicted molar refractivity (Wildman–Crippen MR) is 76.0 cm³/mol. The number of carbonyl (C=O) groups excluding carboxylic acids is 1. The van der Waals surface area contributed by atoms with Gasteiger partial charge in [-0.1, -0.05) is 19.1 Å². The lowest BCUT2D eigenvalue weighted by Crippen LogP contribution is -2.43. The molecule has 7 nitrogen and oxygen atoms in total. The van der Waals surface area contributed by atoms with Crippen molar-refractivity contribution in [2.75, 3.05) is 19.4 Å². The maximum Gasteiger partial charge on any atom is 0.421 e. The number of benzene rings is 1. The Kier molecular flexibility index (Phi) is 5.78. The van der Waals surface area contributed by atoms with Gasteiger partial charge in [-0.3, -0.25) is 0 Å². The predicted octanol–water partition coefficient (Wildman–Crippen LogP) is 1.08. The topological polar surface area (TPSA) is 102 Å². The molecular weight excluding hydrogens is 282 g/mol. The molecule has 1 aromatic rings. The summed E-state index contributed by atoms with van der Waals surface area (Å²) < 4.78 is 31.4. The van der Waals surface area contributed by atoms with E-state index < -0.39 is 16.3 Å². The summed E-state index contributed by atoms with van der Waals surface area (Å²) in [6.07, 6.45) is -0.400. The van der Waals surface area contributed by atoms with Gasteiger partial charge in [-0.15, -0.1) is 0 Å². The summed E-state index contributed by atoms with van der Waals surface area (Å²) in [6, 6.07) is 6.92. The second kappa shape index (κ2) is 7.11. The Hall–Kier alpha value is -1.80. The van der Waals surface area contributed by atoms with Crippen molar-refractivity contribution < 1.29 is 17.9 Å². The fourth-order valence-corrected chi connectivity index (χ4v) is 2.81. The molecule has 0 aliphatic heterocycles. The number of ether oxygens (including phenoxy) is 1. The summed E-state index contributed by atoms with van der Waals surface area (Å²) in [5.41, 5.74) is 6.96. The van der Waals surface area contributed by atoms with E-state index in [-0.39, 0.29) is 13.1 Å². The minimum absolute atomic E-state index is 0.130. The highest BCUT2D eigenvalue weighted by Gasteiger charge is 2.24. The van der Waals surface area contributed by atoms with E-state index in [0.29, 0.717) is 12.1 Å². The van der Waals surface area contributed by atoms with E-state index >= 15 is 0 Å². The first kappa shape index (κ1) is 16.3. The van der Waals surface area contributed by atoms with Gasteiger partial charge in [0.15, 0.2) is 0 Å². The van der Waals surface area contributed by atoms with Crippen molar-refractivity contribution in [3.8, 4) is 0 Å². The van der Waals surface area contributed by atoms with E-state index in [1.54, 1.807) is 24.3 Å². The molecule has 1 rings (SSSR count). The fourth-order valence-electron chi connectivity index (χ4n) is 1.64. The van der Waals surface area contributed by atoms with Gasteiger partial charge in [0.25, 0.3) is 0 Å². The Labute approximate surface area is 118 Å². The summed E-state index contributed by atoms with van der Waals surface area (Å²) in [6.45, 7) is 2.26. The number of hydrogen-bond acceptors (Lipinski definition) is 5. The first-order valence-electron chi connectivity index (χ1n) is 6.09. The maximum atomic E-state index is 12.1. The molecule has 0 atom stereocenters. The number of anilines is 1. The fraction of sp³-hybridized carbons (Fsp3) is 0.417. The van der Waals surface area contributed by atoms with Crippen LogP contribution in [-0.2, 0) is 21.5 Å². The third-order valence-corrected chi connectivity index (χ3v) is 3.94. The van der Waals surface area contributed by atoms with Crippen LogP contribution < -0.4 is 10.5 Å². The summed E-state index contributed by atoms with van der Waals surface area (Å²) in [7, 11) is -2.83. The zero-order chi connectivity index (χ0) is 15.2. The van der Waals surface area contributed by atoms with Crippen LogP contribution in [0, 0.1) is 0 Å². The van der Waals surface area contributed by atoms with Gasteiger partial charge >= 0.3 is 16.3 Å². The molecule has 0 radical (unpaired) electrons. The Balaban J connectivity index is 2.91. The number of nitrogens with zero attached hydrogens (tertiary/aromatic N) is 1. The third-order valence-electron chi connectivity index (χ3n) is 2.52. The molecule has 0 aliphatic rings. The molecule has 112 valence electrons. The van der Waals surface area contributed by atoms with E-state index in [0.717, 1.165) is 12.7 Å². The van der Waals surface area contributed by atoms with Gasteiger partial charge in [0.1, 0.15) is 0 Å². The second-order valence-electron chi connectivity index (χ2n) is 4.18. The van der Waals surface area contributed by atoms with Gasteiger partial charge < -0.3 is 10.5 Å². The summed E-state index contributed by atoms with van der Waals surface area (Å²) >= 11 is 0. The number of amides is 1. The van der Waals surface area contributed by atoms with Crippen molar-refractivity contribution in [2.24, 2.45) is 0 Å². The van der Waals surface area contributed by atoms with Gasteiger partial charge in [-0.25, -0.2) is 9.52 Å². The minimum atomic E-state index is -3.94. The summed E-state index contributed by atoms with van der Waals surface area (Å²) in [5.74, 6) is 0. The molecule has 3 N–H and O–H groups in total. The highest BCUT2D eigenvalue weighted by Crippen LogP contribution is 2.12. The van der Waals surface area contributed by atoms with Crippen molar-refractivity contribution >= 4 is 22.0 Å². The number of nitrogen functional groups attached to an aromatic ring is 1. The molecule has 1 amide bonds. The zero-order valence-electron chi connectivity index (χ0n) is 11.5. The molecule has 0 bridgehead atoms. The first-order chi connectivity index (χ1) is 9.39. The van der Waals surface area contributed by atoms with Crippen LogP contribution >= 0.6 is 0 Å². The molecule has 0 heterocycles. The van der Waals surface area contributed by atoms with Gasteiger partial charge in [-0.05, 0) is 24.1 Å². The highest BCUT2D eigenvalue weighted by molar-refractivity contribution is 7.87. The molecule has 0 aliphatic carbocycles. The van der Waals surface area contributed by atoms with Crippen molar-refractivity contribution in [2.45, 2.75) is 19.9 Å². The Morgan fingerprint density at radius 2 is 2.15 bits per heavy atom. The van der Waals surface area contributed by atoms with E-state index in [1.165, 1.54) is 4.31 Å². The van der Waals surface area contributed by atoms with Crippen LogP contribution in [0.4, 0.5) is 10.5 Å². The molecule has 8 heteroatoms. The van der Waals surface area contributed by atoms with Crippen molar-refractivity contribution in [1.29, 1.82) is 0 Å². The first-order valence-corrected chi connectivity index (χ1v) is 7.53. The van der Waals surface area contributed by atoms with E-state index in [4.69, 9.17) is 5.73 Å². The molecule has 20 heavy (non-hydrogen) atoms. The Morgan fingerprint density at radius 3 is 2.70 bits per heavy atom. The molecule has 0 aromatic heterocycles. The van der Waals surface area contributed by atoms with E-state index in [2.05, 4.69) is 4.74 Å². The van der Waals surface area contributed by atoms with Crippen LogP contribution in [0.5, 0.6) is 0 Å². The number of hydrogen-bond donors (Lipinski definition) is 2. The maximum absolute atomic E-state index is 12.1. The summed E-state index contributed by atoms with van der Waals surface area (Å²) in [4.78, 5) is 11.1. The quantitative estimate of drug-likeness (QED) is 0.766. The van der Waals surface area contributed by atoms with Crippen LogP contribution in [0.15, 0.2) is 24.3 Å². The molecular formula is C12H19N3O4S. The normalized spacial score (nSPS) is 11.3. The largest absolute Gasteiger partial charge is 0.452 e. The van der Waals surface area contributed by atoms with Crippen LogP contribution in [0.1, 0.15) is 18.9 Å². The second-order valence-corrected chi connectivity index (χ2v) is 5.85. The molecule has 0 saturated heterocycles. The van der Waals surface area contributed by atoms with Gasteiger partial charge in [-0.2, -0.15) is 12.7 Å². The monoisotopic (exact) mass is 301 g/mol. The zero-order valence-corrected chi connectivity index (χ0v) is 12.3. The lowest BCUT2D eigenvalue weighted by atomic mass is 10.2. The molecule has 0 saturated carbocycles. The average Bonchev–Trinajstić information content (AvgIpc) is 2.37. The SMILES string of the molecule is CCCN(Cc1cccc(N)c1)S(=O)(=O)NC(=O)OC. The Bertz CT molecular complexity index is 560. The number of nitrogens with two attached hydrogens (primary N) is 1. The smallest absolute Gasteiger partial charge is 0.421 e. The third kappa shape index (κ3) is 4.71. The van der Waals surface area contributed by atoms with E-state index in [1.807, 2.05) is 11.6 Å². The lowest BCUT2D eigenvalue weighted by Gasteiger charge is -2.21. The van der Waals surface area contributed by atoms with E-state index in [9.17, 15) is 13.2 Å². The van der Waals surface area contributed by atoms with Crippen LogP contribution in [0.2, 0.25) is 0 Å². The van der Waals surface area contributed by atoms with Crippen LogP contribution in [-0.4, -0.2) is 32.5 Å². The van der Waals surface area contributed by atoms with Crippen molar-refractivity contribution in [3.63, 3.8) is 0 Å². The van der Waals surface area contributed by atoms with Crippen molar-refractivity contribution in [1.82, 2.24) is 9.03 Å².